The van der Waals surface area contributed by atoms with E-state index in [0.717, 1.165) is 0 Å². The van der Waals surface area contributed by atoms with E-state index in [1.807, 2.05) is 0 Å². The highest BCUT2D eigenvalue weighted by molar-refractivity contribution is 5.88. The second-order valence-corrected chi connectivity index (χ2v) is 1.81. The number of carbonyl (C=O) groups excluding carboxylic acids is 1. The molecule has 0 saturated heterocycles. The molecule has 2 nitrogen and oxygen atoms in total. The second kappa shape index (κ2) is 2.92. The van der Waals surface area contributed by atoms with Gasteiger partial charge in [0.25, 0.3) is 5.78 Å². The van der Waals surface area contributed by atoms with Crippen molar-refractivity contribution in [1.29, 1.82) is 0 Å². The molecule has 1 unspecified atom stereocenters. The van der Waals surface area contributed by atoms with Crippen molar-refractivity contribution < 1.29 is 36.2 Å². The largest absolute Gasteiger partial charge is 0.453 e. The SMILES string of the molecule is O=C(C(O)C(F)(F)F)C(F)(F)F. The van der Waals surface area contributed by atoms with Gasteiger partial charge < -0.3 is 5.11 Å². The first-order chi connectivity index (χ1) is 5.07. The summed E-state index contributed by atoms with van der Waals surface area (Å²) in [6.07, 6.45) is -15.2. The van der Waals surface area contributed by atoms with Crippen molar-refractivity contribution in [3.63, 3.8) is 0 Å². The standard InChI is InChI=1S/C4H2F6O2/c5-3(6,7)1(11)2(12)4(8,9)10/h1,11H. The number of halogens is 6. The van der Waals surface area contributed by atoms with E-state index >= 15 is 0 Å². The molecule has 1 atom stereocenters. The number of rotatable bonds is 1. The lowest BCUT2D eigenvalue weighted by atomic mass is 10.2. The minimum absolute atomic E-state index is 3.21. The fourth-order valence-corrected chi connectivity index (χ4v) is 0.304. The fourth-order valence-electron chi connectivity index (χ4n) is 0.304. The number of aliphatic hydroxyl groups excluding tert-OH is 1. The van der Waals surface area contributed by atoms with E-state index in [9.17, 15) is 31.1 Å². The monoisotopic (exact) mass is 196 g/mol. The molecule has 1 N–H and O–H groups in total. The van der Waals surface area contributed by atoms with Crippen LogP contribution in [0.15, 0.2) is 0 Å². The molecule has 0 spiro atoms. The quantitative estimate of drug-likeness (QED) is 0.636. The fraction of sp³-hybridized carbons (Fsp3) is 0.750. The summed E-state index contributed by atoms with van der Waals surface area (Å²) in [6.45, 7) is 0. The average Bonchev–Trinajstić information content (AvgIpc) is 1.80. The van der Waals surface area contributed by atoms with Crippen LogP contribution in [0.25, 0.3) is 0 Å². The minimum atomic E-state index is -5.67. The number of ketones is 1. The smallest absolute Gasteiger partial charge is 0.377 e. The molecule has 0 aromatic heterocycles. The number of aliphatic hydroxyl groups is 1. The van der Waals surface area contributed by atoms with Crippen LogP contribution in [0.5, 0.6) is 0 Å². The Morgan fingerprint density at radius 2 is 1.42 bits per heavy atom. The molecule has 72 valence electrons. The summed E-state index contributed by atoms with van der Waals surface area (Å²) in [5, 5.41) is 7.80. The Hall–Kier alpha value is -0.790. The van der Waals surface area contributed by atoms with Gasteiger partial charge >= 0.3 is 12.4 Å². The molecule has 0 aliphatic heterocycles. The molecule has 0 amide bonds. The van der Waals surface area contributed by atoms with Crippen LogP contribution in [0.1, 0.15) is 0 Å². The molecule has 0 bridgehead atoms. The van der Waals surface area contributed by atoms with Gasteiger partial charge in [-0.15, -0.1) is 0 Å². The predicted octanol–water partition coefficient (Wildman–Crippen LogP) is 1.04. The maximum absolute atomic E-state index is 11.3. The lowest BCUT2D eigenvalue weighted by Gasteiger charge is -2.14. The summed E-state index contributed by atoms with van der Waals surface area (Å²) in [5.41, 5.74) is 0. The molecule has 0 fully saturated rings. The van der Waals surface area contributed by atoms with Crippen molar-refractivity contribution in [2.24, 2.45) is 0 Å². The molecular weight excluding hydrogens is 194 g/mol. The Labute approximate surface area is 61.8 Å². The van der Waals surface area contributed by atoms with E-state index in [0.29, 0.717) is 0 Å². The molecule has 12 heavy (non-hydrogen) atoms. The molecule has 0 aromatic rings. The summed E-state index contributed by atoms with van der Waals surface area (Å²) >= 11 is 0. The molecule has 0 rings (SSSR count). The highest BCUT2D eigenvalue weighted by Gasteiger charge is 2.54. The van der Waals surface area contributed by atoms with Crippen LogP contribution in [0.3, 0.4) is 0 Å². The molecular formula is C4H2F6O2. The Balaban J connectivity index is 4.53. The number of Topliss-reactive ketones (excluding diaryl/α,β-unsaturated/α-hetero) is 1. The zero-order chi connectivity index (χ0) is 10.2. The second-order valence-electron chi connectivity index (χ2n) is 1.81. The average molecular weight is 196 g/mol. The van der Waals surface area contributed by atoms with Gasteiger partial charge in [-0.2, -0.15) is 26.3 Å². The van der Waals surface area contributed by atoms with Crippen molar-refractivity contribution >= 4 is 5.78 Å². The molecule has 8 heteroatoms. The van der Waals surface area contributed by atoms with Gasteiger partial charge in [0.1, 0.15) is 0 Å². The van der Waals surface area contributed by atoms with Crippen molar-refractivity contribution in [1.82, 2.24) is 0 Å². The lowest BCUT2D eigenvalue weighted by Crippen LogP contribution is -2.43. The van der Waals surface area contributed by atoms with Crippen molar-refractivity contribution in [2.45, 2.75) is 18.5 Å². The van der Waals surface area contributed by atoms with E-state index < -0.39 is 24.2 Å². The van der Waals surface area contributed by atoms with Gasteiger partial charge in [-0.25, -0.2) is 0 Å². The minimum Gasteiger partial charge on any atom is -0.377 e. The summed E-state index contributed by atoms with van der Waals surface area (Å²) in [7, 11) is 0. The maximum atomic E-state index is 11.3. The molecule has 0 saturated carbocycles. The lowest BCUT2D eigenvalue weighted by molar-refractivity contribution is -0.227. The van der Waals surface area contributed by atoms with E-state index in [1.165, 1.54) is 0 Å². The zero-order valence-electron chi connectivity index (χ0n) is 5.20. The van der Waals surface area contributed by atoms with Gasteiger partial charge in [0.05, 0.1) is 0 Å². The first-order valence-corrected chi connectivity index (χ1v) is 2.42. The number of hydrogen-bond acceptors (Lipinski definition) is 2. The Bertz CT molecular complexity index is 179. The van der Waals surface area contributed by atoms with Gasteiger partial charge in [-0.05, 0) is 0 Å². The van der Waals surface area contributed by atoms with Crippen LogP contribution < -0.4 is 0 Å². The first-order valence-electron chi connectivity index (χ1n) is 2.42. The zero-order valence-corrected chi connectivity index (χ0v) is 5.20. The predicted molar refractivity (Wildman–Crippen MR) is 23.1 cm³/mol. The van der Waals surface area contributed by atoms with E-state index in [-0.39, 0.29) is 0 Å². The third kappa shape index (κ3) is 2.68. The van der Waals surface area contributed by atoms with Gasteiger partial charge in [0.15, 0.2) is 0 Å². The van der Waals surface area contributed by atoms with Gasteiger partial charge in [-0.1, -0.05) is 0 Å². The third-order valence-electron chi connectivity index (χ3n) is 0.838. The number of hydrogen-bond donors (Lipinski definition) is 1. The number of carbonyl (C=O) groups is 1. The van der Waals surface area contributed by atoms with Gasteiger partial charge in [0, 0.05) is 0 Å². The van der Waals surface area contributed by atoms with Crippen LogP contribution in [0.4, 0.5) is 26.3 Å². The van der Waals surface area contributed by atoms with Gasteiger partial charge in [-0.3, -0.25) is 4.79 Å². The topological polar surface area (TPSA) is 37.3 Å². The molecule has 0 radical (unpaired) electrons. The summed E-state index contributed by atoms with van der Waals surface area (Å²) in [4.78, 5) is 9.72. The molecule has 0 aliphatic rings. The Morgan fingerprint density at radius 3 is 1.50 bits per heavy atom. The van der Waals surface area contributed by atoms with Crippen LogP contribution >= 0.6 is 0 Å². The van der Waals surface area contributed by atoms with Crippen molar-refractivity contribution in [2.75, 3.05) is 0 Å². The third-order valence-corrected chi connectivity index (χ3v) is 0.838. The van der Waals surface area contributed by atoms with Crippen molar-refractivity contribution in [3.8, 4) is 0 Å². The van der Waals surface area contributed by atoms with Crippen LogP contribution in [-0.4, -0.2) is 29.3 Å². The van der Waals surface area contributed by atoms with Crippen LogP contribution in [0.2, 0.25) is 0 Å². The summed E-state index contributed by atoms with van der Waals surface area (Å²) in [6, 6.07) is 0. The number of alkyl halides is 6. The molecule has 0 aromatic carbocycles. The Kier molecular flexibility index (Phi) is 2.73. The summed E-state index contributed by atoms with van der Waals surface area (Å²) in [5.74, 6) is -3.21. The van der Waals surface area contributed by atoms with E-state index in [1.54, 1.807) is 0 Å². The molecule has 0 heterocycles. The molecule has 0 aliphatic carbocycles. The first kappa shape index (κ1) is 11.2. The van der Waals surface area contributed by atoms with Crippen molar-refractivity contribution in [3.05, 3.63) is 0 Å². The van der Waals surface area contributed by atoms with Gasteiger partial charge in [0.2, 0.25) is 6.10 Å². The normalized spacial score (nSPS) is 15.9. The van der Waals surface area contributed by atoms with Crippen LogP contribution in [-0.2, 0) is 4.79 Å². The Morgan fingerprint density at radius 1 is 1.08 bits per heavy atom. The van der Waals surface area contributed by atoms with E-state index in [2.05, 4.69) is 0 Å². The van der Waals surface area contributed by atoms with E-state index in [4.69, 9.17) is 5.11 Å². The summed E-state index contributed by atoms with van der Waals surface area (Å²) < 4.78 is 67.4. The van der Waals surface area contributed by atoms with Crippen LogP contribution in [0, 0.1) is 0 Å². The highest BCUT2D eigenvalue weighted by Crippen LogP contribution is 2.27. The highest BCUT2D eigenvalue weighted by atomic mass is 19.4. The maximum Gasteiger partial charge on any atom is 0.453 e.